The van der Waals surface area contributed by atoms with E-state index in [1.807, 2.05) is 0 Å². The van der Waals surface area contributed by atoms with Gasteiger partial charge in [-0.15, -0.1) is 0 Å². The summed E-state index contributed by atoms with van der Waals surface area (Å²) >= 11 is 0. The van der Waals surface area contributed by atoms with Crippen LogP contribution in [0.15, 0.2) is 0 Å². The maximum absolute atomic E-state index is 11.2. The third kappa shape index (κ3) is 2.37. The van der Waals surface area contributed by atoms with Crippen LogP contribution in [0.25, 0.3) is 0 Å². The van der Waals surface area contributed by atoms with Crippen molar-refractivity contribution in [2.75, 3.05) is 7.11 Å². The Morgan fingerprint density at radius 3 is 2.69 bits per heavy atom. The van der Waals surface area contributed by atoms with E-state index in [9.17, 15) is 14.4 Å². The lowest BCUT2D eigenvalue weighted by molar-refractivity contribution is -0.154. The van der Waals surface area contributed by atoms with Gasteiger partial charge in [-0.3, -0.25) is 9.59 Å². The monoisotopic (exact) mass is 184 g/mol. The third-order valence-electron chi connectivity index (χ3n) is 2.24. The lowest BCUT2D eigenvalue weighted by Crippen LogP contribution is -2.29. The second kappa shape index (κ2) is 4.16. The Morgan fingerprint density at radius 1 is 1.46 bits per heavy atom. The summed E-state index contributed by atoms with van der Waals surface area (Å²) in [6, 6.07) is 0. The van der Waals surface area contributed by atoms with Gasteiger partial charge in [0.2, 0.25) is 5.78 Å². The zero-order chi connectivity index (χ0) is 9.84. The summed E-state index contributed by atoms with van der Waals surface area (Å²) in [5, 5.41) is 0. The zero-order valence-electron chi connectivity index (χ0n) is 7.54. The lowest BCUT2D eigenvalue weighted by Gasteiger charge is -2.17. The Balaban J connectivity index is 2.56. The minimum atomic E-state index is -0.834. The maximum Gasteiger partial charge on any atom is 0.374 e. The second-order valence-electron chi connectivity index (χ2n) is 3.19. The topological polar surface area (TPSA) is 60.4 Å². The van der Waals surface area contributed by atoms with Crippen LogP contribution < -0.4 is 0 Å². The van der Waals surface area contributed by atoms with Crippen LogP contribution in [0.1, 0.15) is 25.7 Å². The first kappa shape index (κ1) is 9.89. The highest BCUT2D eigenvalue weighted by atomic mass is 16.5. The Hall–Kier alpha value is -1.19. The molecule has 1 unspecified atom stereocenters. The van der Waals surface area contributed by atoms with Crippen LogP contribution in [0, 0.1) is 5.92 Å². The maximum atomic E-state index is 11.2. The number of esters is 1. The van der Waals surface area contributed by atoms with E-state index >= 15 is 0 Å². The highest BCUT2D eigenvalue weighted by Crippen LogP contribution is 2.22. The number of carbonyl (C=O) groups excluding carboxylic acids is 3. The smallest absolute Gasteiger partial charge is 0.374 e. The van der Waals surface area contributed by atoms with E-state index in [2.05, 4.69) is 4.74 Å². The first-order chi connectivity index (χ1) is 6.15. The molecule has 0 N–H and O–H groups in total. The van der Waals surface area contributed by atoms with Crippen LogP contribution in [0.3, 0.4) is 0 Å². The van der Waals surface area contributed by atoms with Gasteiger partial charge in [0.05, 0.1) is 7.11 Å². The van der Waals surface area contributed by atoms with Gasteiger partial charge in [-0.05, 0) is 12.8 Å². The molecule has 0 amide bonds. The molecule has 1 aliphatic carbocycles. The average Bonchev–Trinajstić information content (AvgIpc) is 2.15. The SMILES string of the molecule is COC(=O)C(=O)C1CCCC(=O)C1. The fraction of sp³-hybridized carbons (Fsp3) is 0.667. The number of methoxy groups -OCH3 is 1. The number of Topliss-reactive ketones (excluding diaryl/α,β-unsaturated/α-hetero) is 2. The summed E-state index contributed by atoms with van der Waals surface area (Å²) in [6.45, 7) is 0. The van der Waals surface area contributed by atoms with Crippen molar-refractivity contribution >= 4 is 17.5 Å². The van der Waals surface area contributed by atoms with Crippen molar-refractivity contribution in [2.45, 2.75) is 25.7 Å². The molecule has 0 aromatic rings. The number of hydrogen-bond donors (Lipinski definition) is 0. The molecule has 13 heavy (non-hydrogen) atoms. The van der Waals surface area contributed by atoms with E-state index in [0.717, 1.165) is 0 Å². The average molecular weight is 184 g/mol. The van der Waals surface area contributed by atoms with Crippen LogP contribution in [0.4, 0.5) is 0 Å². The Bertz CT molecular complexity index is 244. The molecule has 0 bridgehead atoms. The summed E-state index contributed by atoms with van der Waals surface area (Å²) in [6.07, 6.45) is 2.06. The van der Waals surface area contributed by atoms with Gasteiger partial charge in [-0.25, -0.2) is 4.79 Å². The van der Waals surface area contributed by atoms with Crippen LogP contribution in [-0.4, -0.2) is 24.6 Å². The van der Waals surface area contributed by atoms with E-state index in [1.165, 1.54) is 7.11 Å². The molecule has 0 saturated heterocycles. The van der Waals surface area contributed by atoms with Crippen molar-refractivity contribution in [1.29, 1.82) is 0 Å². The van der Waals surface area contributed by atoms with Crippen molar-refractivity contribution in [1.82, 2.24) is 0 Å². The molecule has 72 valence electrons. The molecule has 0 radical (unpaired) electrons. The zero-order valence-corrected chi connectivity index (χ0v) is 7.54. The van der Waals surface area contributed by atoms with Crippen molar-refractivity contribution < 1.29 is 19.1 Å². The lowest BCUT2D eigenvalue weighted by atomic mass is 9.85. The first-order valence-corrected chi connectivity index (χ1v) is 4.29. The Kier molecular flexibility index (Phi) is 3.17. The standard InChI is InChI=1S/C9H12O4/c1-13-9(12)8(11)6-3-2-4-7(10)5-6/h6H,2-5H2,1H3. The molecule has 4 nitrogen and oxygen atoms in total. The van der Waals surface area contributed by atoms with E-state index in [4.69, 9.17) is 0 Å². The minimum absolute atomic E-state index is 0.0634. The van der Waals surface area contributed by atoms with Gasteiger partial charge < -0.3 is 4.74 Å². The van der Waals surface area contributed by atoms with Crippen molar-refractivity contribution in [2.24, 2.45) is 5.92 Å². The largest absolute Gasteiger partial charge is 0.463 e. The van der Waals surface area contributed by atoms with Crippen molar-refractivity contribution in [3.05, 3.63) is 0 Å². The van der Waals surface area contributed by atoms with Crippen molar-refractivity contribution in [3.8, 4) is 0 Å². The highest BCUT2D eigenvalue weighted by molar-refractivity contribution is 6.34. The van der Waals surface area contributed by atoms with Gasteiger partial charge in [0, 0.05) is 18.8 Å². The normalized spacial score (nSPS) is 22.5. The van der Waals surface area contributed by atoms with Crippen LogP contribution in [-0.2, 0) is 19.1 Å². The molecular weight excluding hydrogens is 172 g/mol. The molecule has 0 aromatic carbocycles. The number of ether oxygens (including phenoxy) is 1. The number of ketones is 2. The Morgan fingerprint density at radius 2 is 2.15 bits per heavy atom. The fourth-order valence-electron chi connectivity index (χ4n) is 1.52. The Labute approximate surface area is 76.3 Å². The summed E-state index contributed by atoms with van der Waals surface area (Å²) < 4.78 is 4.30. The second-order valence-corrected chi connectivity index (χ2v) is 3.19. The summed E-state index contributed by atoms with van der Waals surface area (Å²) in [4.78, 5) is 33.1. The molecule has 1 saturated carbocycles. The molecule has 0 aliphatic heterocycles. The van der Waals surface area contributed by atoms with Crippen LogP contribution in [0.5, 0.6) is 0 Å². The van der Waals surface area contributed by atoms with E-state index in [-0.39, 0.29) is 12.2 Å². The predicted octanol–water partition coefficient (Wildman–Crippen LogP) is 0.488. The predicted molar refractivity (Wildman–Crippen MR) is 44.0 cm³/mol. The molecule has 1 fully saturated rings. The molecule has 1 aliphatic rings. The number of hydrogen-bond acceptors (Lipinski definition) is 4. The van der Waals surface area contributed by atoms with Crippen molar-refractivity contribution in [3.63, 3.8) is 0 Å². The van der Waals surface area contributed by atoms with E-state index in [0.29, 0.717) is 19.3 Å². The van der Waals surface area contributed by atoms with Gasteiger partial charge >= 0.3 is 5.97 Å². The molecule has 1 rings (SSSR count). The quantitative estimate of drug-likeness (QED) is 0.463. The summed E-state index contributed by atoms with van der Waals surface area (Å²) in [5.74, 6) is -1.77. The fourth-order valence-corrected chi connectivity index (χ4v) is 1.52. The first-order valence-electron chi connectivity index (χ1n) is 4.29. The third-order valence-corrected chi connectivity index (χ3v) is 2.24. The van der Waals surface area contributed by atoms with E-state index in [1.54, 1.807) is 0 Å². The minimum Gasteiger partial charge on any atom is -0.463 e. The van der Waals surface area contributed by atoms with Gasteiger partial charge in [0.15, 0.2) is 0 Å². The van der Waals surface area contributed by atoms with Gasteiger partial charge in [-0.2, -0.15) is 0 Å². The molecular formula is C9H12O4. The van der Waals surface area contributed by atoms with Gasteiger partial charge in [0.1, 0.15) is 5.78 Å². The van der Waals surface area contributed by atoms with Crippen LogP contribution >= 0.6 is 0 Å². The van der Waals surface area contributed by atoms with Gasteiger partial charge in [-0.1, -0.05) is 0 Å². The van der Waals surface area contributed by atoms with Gasteiger partial charge in [0.25, 0.3) is 0 Å². The summed E-state index contributed by atoms with van der Waals surface area (Å²) in [7, 11) is 1.17. The van der Waals surface area contributed by atoms with Crippen LogP contribution in [0.2, 0.25) is 0 Å². The molecule has 4 heteroatoms. The highest BCUT2D eigenvalue weighted by Gasteiger charge is 2.30. The van der Waals surface area contributed by atoms with E-state index < -0.39 is 17.7 Å². The number of carbonyl (C=O) groups is 3. The number of rotatable bonds is 2. The molecule has 0 heterocycles. The molecule has 0 aromatic heterocycles. The molecule has 1 atom stereocenters. The summed E-state index contributed by atoms with van der Waals surface area (Å²) in [5.41, 5.74) is 0. The molecule has 0 spiro atoms.